The van der Waals surface area contributed by atoms with Crippen LogP contribution >= 0.6 is 0 Å². The molecule has 0 saturated carbocycles. The van der Waals surface area contributed by atoms with Crippen LogP contribution in [0.3, 0.4) is 0 Å². The van der Waals surface area contributed by atoms with Gasteiger partial charge in [-0.25, -0.2) is 0 Å². The third-order valence-corrected chi connectivity index (χ3v) is 9.64. The van der Waals surface area contributed by atoms with Crippen LogP contribution in [0.2, 0.25) is 0 Å². The summed E-state index contributed by atoms with van der Waals surface area (Å²) in [6.45, 7) is 0. The van der Waals surface area contributed by atoms with Crippen molar-refractivity contribution in [2.24, 2.45) is 0 Å². The molecule has 0 heterocycles. The molecule has 2 nitrogen and oxygen atoms in total. The third kappa shape index (κ3) is 3.82. The van der Waals surface area contributed by atoms with E-state index < -0.39 is 5.41 Å². The Labute approximate surface area is 261 Å². The molecule has 9 rings (SSSR count). The molecule has 0 atom stereocenters. The first-order valence-electron chi connectivity index (χ1n) is 15.3. The molecule has 45 heavy (non-hydrogen) atoms. The topological polar surface area (TPSA) is 40.5 Å². The van der Waals surface area contributed by atoms with E-state index in [0.29, 0.717) is 0 Å². The van der Waals surface area contributed by atoms with Gasteiger partial charge < -0.3 is 10.2 Å². The van der Waals surface area contributed by atoms with E-state index in [1.807, 2.05) is 24.3 Å². The minimum absolute atomic E-state index is 0.263. The van der Waals surface area contributed by atoms with Gasteiger partial charge in [0, 0.05) is 0 Å². The number of phenolic OH excluding ortho intramolecular Hbond substituents is 2. The number of benzene rings is 8. The Kier molecular flexibility index (Phi) is 5.45. The summed E-state index contributed by atoms with van der Waals surface area (Å²) in [5.41, 5.74) is 9.04. The number of phenols is 2. The monoisotopic (exact) mass is 576 g/mol. The van der Waals surface area contributed by atoms with Gasteiger partial charge in [-0.2, -0.15) is 0 Å². The van der Waals surface area contributed by atoms with Crippen molar-refractivity contribution in [2.45, 2.75) is 5.41 Å². The standard InChI is InChI=1S/C43H28O2/c44-37-18-13-30-22-35(16-11-32(30)24-37)43(36-17-12-33-25-38(45)19-14-31(33)23-36)41-8-4-3-7-39(41)40-20-15-34(26-42(40)43)29-10-9-27-5-1-2-6-28(27)21-29/h1-26,44-45H. The molecule has 2 N–H and O–H groups in total. The van der Waals surface area contributed by atoms with E-state index in [4.69, 9.17) is 0 Å². The fraction of sp³-hybridized carbons (Fsp3) is 0.0233. The van der Waals surface area contributed by atoms with Crippen molar-refractivity contribution in [1.82, 2.24) is 0 Å². The molecule has 8 aromatic carbocycles. The smallest absolute Gasteiger partial charge is 0.116 e. The number of aromatic hydroxyl groups is 2. The summed E-state index contributed by atoms with van der Waals surface area (Å²) >= 11 is 0. The normalized spacial score (nSPS) is 13.2. The average Bonchev–Trinajstić information content (AvgIpc) is 3.38. The molecule has 2 heteroatoms. The van der Waals surface area contributed by atoms with Crippen LogP contribution in [0.4, 0.5) is 0 Å². The Bertz CT molecular complexity index is 2390. The summed E-state index contributed by atoms with van der Waals surface area (Å²) in [7, 11) is 0. The molecule has 0 bridgehead atoms. The highest BCUT2D eigenvalue weighted by atomic mass is 16.3. The van der Waals surface area contributed by atoms with E-state index in [0.717, 1.165) is 21.5 Å². The lowest BCUT2D eigenvalue weighted by molar-refractivity contribution is 0.475. The second-order valence-corrected chi connectivity index (χ2v) is 12.1. The van der Waals surface area contributed by atoms with Crippen molar-refractivity contribution in [2.75, 3.05) is 0 Å². The molecule has 0 saturated heterocycles. The van der Waals surface area contributed by atoms with Crippen LogP contribution in [-0.4, -0.2) is 10.2 Å². The maximum absolute atomic E-state index is 10.2. The second-order valence-electron chi connectivity index (χ2n) is 12.1. The third-order valence-electron chi connectivity index (χ3n) is 9.64. The molecule has 0 radical (unpaired) electrons. The molecule has 0 spiro atoms. The lowest BCUT2D eigenvalue weighted by atomic mass is 9.67. The van der Waals surface area contributed by atoms with Crippen LogP contribution in [0.15, 0.2) is 158 Å². The lowest BCUT2D eigenvalue weighted by Crippen LogP contribution is -2.28. The van der Waals surface area contributed by atoms with Crippen molar-refractivity contribution >= 4 is 32.3 Å². The first kappa shape index (κ1) is 25.6. The quantitative estimate of drug-likeness (QED) is 0.220. The van der Waals surface area contributed by atoms with Gasteiger partial charge in [-0.3, -0.25) is 0 Å². The van der Waals surface area contributed by atoms with Crippen LogP contribution in [0, 0.1) is 0 Å². The maximum atomic E-state index is 10.2. The molecule has 8 aromatic rings. The minimum atomic E-state index is -0.600. The predicted octanol–water partition coefficient (Wildman–Crippen LogP) is 10.6. The van der Waals surface area contributed by atoms with E-state index in [-0.39, 0.29) is 11.5 Å². The fourth-order valence-electron chi connectivity index (χ4n) is 7.55. The summed E-state index contributed by atoms with van der Waals surface area (Å²) < 4.78 is 0. The molecule has 0 aliphatic heterocycles. The van der Waals surface area contributed by atoms with Crippen LogP contribution in [0.25, 0.3) is 54.6 Å². The van der Waals surface area contributed by atoms with Crippen molar-refractivity contribution in [1.29, 1.82) is 0 Å². The van der Waals surface area contributed by atoms with Crippen LogP contribution in [0.1, 0.15) is 22.3 Å². The average molecular weight is 577 g/mol. The van der Waals surface area contributed by atoms with Gasteiger partial charge in [0.15, 0.2) is 0 Å². The van der Waals surface area contributed by atoms with Crippen molar-refractivity contribution in [3.8, 4) is 33.8 Å². The summed E-state index contributed by atoms with van der Waals surface area (Å²) in [6.07, 6.45) is 0. The summed E-state index contributed by atoms with van der Waals surface area (Å²) in [4.78, 5) is 0. The Morgan fingerprint density at radius 1 is 0.333 bits per heavy atom. The Hall–Kier alpha value is -5.86. The molecule has 0 fully saturated rings. The molecule has 1 aliphatic carbocycles. The summed E-state index contributed by atoms with van der Waals surface area (Å²) in [5.74, 6) is 0.527. The van der Waals surface area contributed by atoms with Gasteiger partial charge >= 0.3 is 0 Å². The van der Waals surface area contributed by atoms with E-state index in [1.54, 1.807) is 12.1 Å². The zero-order valence-electron chi connectivity index (χ0n) is 24.4. The van der Waals surface area contributed by atoms with Crippen LogP contribution < -0.4 is 0 Å². The largest absolute Gasteiger partial charge is 0.508 e. The molecular weight excluding hydrogens is 548 g/mol. The Morgan fingerprint density at radius 2 is 0.822 bits per heavy atom. The second kappa shape index (κ2) is 9.57. The molecule has 1 aliphatic rings. The molecule has 212 valence electrons. The molecular formula is C43H28O2. The fourth-order valence-corrected chi connectivity index (χ4v) is 7.55. The summed E-state index contributed by atoms with van der Waals surface area (Å²) in [6, 6.07) is 55.3. The number of hydrogen-bond acceptors (Lipinski definition) is 2. The summed E-state index contributed by atoms with van der Waals surface area (Å²) in [5, 5.41) is 27.0. The maximum Gasteiger partial charge on any atom is 0.116 e. The highest BCUT2D eigenvalue weighted by Gasteiger charge is 2.46. The highest BCUT2D eigenvalue weighted by molar-refractivity contribution is 5.94. The number of hydrogen-bond donors (Lipinski definition) is 2. The first-order valence-corrected chi connectivity index (χ1v) is 15.3. The van der Waals surface area contributed by atoms with Gasteiger partial charge in [0.25, 0.3) is 0 Å². The van der Waals surface area contributed by atoms with Crippen molar-refractivity contribution in [3.63, 3.8) is 0 Å². The zero-order chi connectivity index (χ0) is 30.1. The lowest BCUT2D eigenvalue weighted by Gasteiger charge is -2.34. The van der Waals surface area contributed by atoms with E-state index in [2.05, 4.69) is 121 Å². The number of rotatable bonds is 3. The minimum Gasteiger partial charge on any atom is -0.508 e. The van der Waals surface area contributed by atoms with Crippen molar-refractivity contribution in [3.05, 3.63) is 180 Å². The van der Waals surface area contributed by atoms with Gasteiger partial charge in [0.1, 0.15) is 11.5 Å². The molecule has 0 aromatic heterocycles. The van der Waals surface area contributed by atoms with E-state index >= 15 is 0 Å². The Balaban J connectivity index is 1.38. The van der Waals surface area contributed by atoms with Crippen LogP contribution in [0.5, 0.6) is 11.5 Å². The SMILES string of the molecule is Oc1ccc2cc(C3(c4ccc5cc(O)ccc5c4)c4ccccc4-c4ccc(-c5ccc6ccccc6c5)cc43)ccc2c1. The van der Waals surface area contributed by atoms with E-state index in [1.165, 1.54) is 55.3 Å². The highest BCUT2D eigenvalue weighted by Crippen LogP contribution is 2.57. The first-order chi connectivity index (χ1) is 22.1. The molecule has 0 amide bonds. The van der Waals surface area contributed by atoms with E-state index in [9.17, 15) is 10.2 Å². The van der Waals surface area contributed by atoms with Gasteiger partial charge in [-0.05, 0) is 125 Å². The Morgan fingerprint density at radius 3 is 1.53 bits per heavy atom. The van der Waals surface area contributed by atoms with Crippen LogP contribution in [-0.2, 0) is 5.41 Å². The predicted molar refractivity (Wildman–Crippen MR) is 185 cm³/mol. The van der Waals surface area contributed by atoms with Gasteiger partial charge in [-0.15, -0.1) is 0 Å². The number of fused-ring (bicyclic) bond motifs is 6. The van der Waals surface area contributed by atoms with Crippen molar-refractivity contribution < 1.29 is 10.2 Å². The molecule has 0 unspecified atom stereocenters. The van der Waals surface area contributed by atoms with Gasteiger partial charge in [0.05, 0.1) is 5.41 Å². The van der Waals surface area contributed by atoms with Gasteiger partial charge in [0.2, 0.25) is 0 Å². The van der Waals surface area contributed by atoms with Gasteiger partial charge in [-0.1, -0.05) is 109 Å². The zero-order valence-corrected chi connectivity index (χ0v) is 24.4.